The van der Waals surface area contributed by atoms with Crippen molar-refractivity contribution in [1.82, 2.24) is 15.0 Å². The van der Waals surface area contributed by atoms with E-state index in [1.165, 1.54) is 24.7 Å². The summed E-state index contributed by atoms with van der Waals surface area (Å²) in [5.74, 6) is 4.12. The van der Waals surface area contributed by atoms with Crippen LogP contribution in [-0.4, -0.2) is 31.3 Å². The summed E-state index contributed by atoms with van der Waals surface area (Å²) >= 11 is 0. The van der Waals surface area contributed by atoms with E-state index in [0.717, 1.165) is 16.5 Å². The number of halogens is 1. The second-order valence-electron chi connectivity index (χ2n) is 7.82. The fourth-order valence-corrected chi connectivity index (χ4v) is 4.13. The Morgan fingerprint density at radius 3 is 2.61 bits per heavy atom. The number of rotatable bonds is 7. The van der Waals surface area contributed by atoms with Crippen molar-refractivity contribution in [3.63, 3.8) is 0 Å². The number of hydrogen-bond donors (Lipinski definition) is 2. The van der Waals surface area contributed by atoms with E-state index in [1.807, 2.05) is 32.0 Å². The van der Waals surface area contributed by atoms with Crippen LogP contribution in [0.15, 0.2) is 61.2 Å². The molecule has 2 aromatic carbocycles. The number of pyridine rings is 1. The predicted molar refractivity (Wildman–Crippen MR) is 132 cm³/mol. The van der Waals surface area contributed by atoms with Crippen LogP contribution in [0, 0.1) is 12.7 Å². The van der Waals surface area contributed by atoms with Gasteiger partial charge in [-0.3, -0.25) is 4.98 Å². The topological polar surface area (TPSA) is 89.0 Å². The molecule has 33 heavy (non-hydrogen) atoms. The van der Waals surface area contributed by atoms with Gasteiger partial charge in [0.1, 0.15) is 29.8 Å². The van der Waals surface area contributed by atoms with Gasteiger partial charge < -0.3 is 14.8 Å². The van der Waals surface area contributed by atoms with Crippen molar-refractivity contribution in [2.45, 2.75) is 20.0 Å². The second kappa shape index (κ2) is 9.03. The van der Waals surface area contributed by atoms with E-state index < -0.39 is 15.5 Å². The maximum atomic E-state index is 14.1. The zero-order chi connectivity index (χ0) is 23.6. The number of nitrogens with zero attached hydrogens (tertiary/aromatic N) is 3. The fraction of sp³-hybridized carbons (Fsp3) is 0.167. The average molecular weight is 466 g/mol. The Hall–Kier alpha value is -3.72. The van der Waals surface area contributed by atoms with Crippen molar-refractivity contribution >= 4 is 43.7 Å². The minimum atomic E-state index is -2.43. The van der Waals surface area contributed by atoms with Crippen molar-refractivity contribution in [1.29, 1.82) is 0 Å². The molecular weight excluding hydrogens is 441 g/mol. The van der Waals surface area contributed by atoms with Crippen LogP contribution in [0.25, 0.3) is 10.9 Å². The molecule has 2 heterocycles. The van der Waals surface area contributed by atoms with Gasteiger partial charge in [-0.1, -0.05) is 0 Å². The molecular formula is C24H24FN5O2S. The van der Waals surface area contributed by atoms with Crippen molar-refractivity contribution < 1.29 is 13.3 Å². The van der Waals surface area contributed by atoms with Gasteiger partial charge in [0.25, 0.3) is 0 Å². The molecule has 0 saturated carbocycles. The van der Waals surface area contributed by atoms with Gasteiger partial charge in [-0.2, -0.15) is 0 Å². The quantitative estimate of drug-likeness (QED) is 0.372. The third-order valence-corrected chi connectivity index (χ3v) is 5.61. The van der Waals surface area contributed by atoms with Gasteiger partial charge in [-0.25, -0.2) is 18.6 Å². The average Bonchev–Trinajstić information content (AvgIpc) is 2.75. The zero-order valence-corrected chi connectivity index (χ0v) is 19.3. The van der Waals surface area contributed by atoms with Crippen LogP contribution in [0.2, 0.25) is 0 Å². The molecule has 2 N–H and O–H groups in total. The number of fused-ring (bicyclic) bond motifs is 1. The summed E-state index contributed by atoms with van der Waals surface area (Å²) in [5.41, 5.74) is 3.67. The molecule has 2 aromatic heterocycles. The summed E-state index contributed by atoms with van der Waals surface area (Å²) in [7, 11) is -2.43. The Bertz CT molecular complexity index is 1410. The molecule has 9 heteroatoms. The minimum absolute atomic E-state index is 0.320. The molecule has 2 unspecified atom stereocenters. The Morgan fingerprint density at radius 1 is 1.12 bits per heavy atom. The lowest BCUT2D eigenvalue weighted by molar-refractivity contribution is 0.227. The first-order valence-corrected chi connectivity index (χ1v) is 12.3. The molecule has 0 radical (unpaired) electrons. The summed E-state index contributed by atoms with van der Waals surface area (Å²) in [4.78, 5) is 12.8. The van der Waals surface area contributed by atoms with Crippen LogP contribution in [0.1, 0.15) is 24.2 Å². The van der Waals surface area contributed by atoms with Gasteiger partial charge in [-0.15, -0.1) is 0 Å². The first-order chi connectivity index (χ1) is 15.7. The summed E-state index contributed by atoms with van der Waals surface area (Å²) < 4.78 is 35.1. The highest BCUT2D eigenvalue weighted by atomic mass is 32.2. The molecule has 0 saturated heterocycles. The fourth-order valence-electron chi connectivity index (χ4n) is 3.51. The Labute approximate surface area is 192 Å². The van der Waals surface area contributed by atoms with Crippen LogP contribution in [-0.2, 0) is 9.71 Å². The molecule has 170 valence electrons. The summed E-state index contributed by atoms with van der Waals surface area (Å²) in [6.07, 6.45) is 6.02. The van der Waals surface area contributed by atoms with Gasteiger partial charge >= 0.3 is 0 Å². The van der Waals surface area contributed by atoms with E-state index >= 15 is 0 Å². The molecule has 4 aromatic rings. The first kappa shape index (κ1) is 22.5. The molecule has 7 nitrogen and oxygen atoms in total. The van der Waals surface area contributed by atoms with Gasteiger partial charge in [0, 0.05) is 45.5 Å². The monoisotopic (exact) mass is 465 g/mol. The van der Waals surface area contributed by atoms with Crippen LogP contribution in [0.4, 0.5) is 21.6 Å². The maximum Gasteiger partial charge on any atom is 0.146 e. The summed E-state index contributed by atoms with van der Waals surface area (Å²) in [6.45, 7) is 3.80. The van der Waals surface area contributed by atoms with E-state index in [2.05, 4.69) is 30.9 Å². The molecule has 0 aliphatic carbocycles. The van der Waals surface area contributed by atoms with Gasteiger partial charge in [0.05, 0.1) is 11.2 Å². The van der Waals surface area contributed by atoms with Crippen LogP contribution in [0.3, 0.4) is 0 Å². The normalized spacial score (nSPS) is 13.8. The number of nitrogens with one attached hydrogen (secondary N) is 2. The van der Waals surface area contributed by atoms with Crippen molar-refractivity contribution in [2.75, 3.05) is 16.3 Å². The molecule has 0 fully saturated rings. The third kappa shape index (κ3) is 5.38. The molecule has 0 aliphatic heterocycles. The number of aryl methyl sites for hydroxylation is 1. The van der Waals surface area contributed by atoms with E-state index in [9.17, 15) is 8.60 Å². The van der Waals surface area contributed by atoms with Gasteiger partial charge in [0.2, 0.25) is 0 Å². The number of benzene rings is 2. The summed E-state index contributed by atoms with van der Waals surface area (Å²) in [6, 6.07) is 11.7. The third-order valence-electron chi connectivity index (χ3n) is 4.94. The SMILES string of the molecule is C=S(C)(=O)Nc1cc(C)c2c(Nc3ccc(F)cc3OC(C)c3ccncc3)ncnc2c1. The first-order valence-electron chi connectivity index (χ1n) is 10.2. The standard InChI is InChI=1S/C24H24FN5O2S/c1-15-11-19(30-33(3,4)31)13-21-23(15)24(28-14-27-21)29-20-6-5-18(25)12-22(20)32-16(2)17-7-9-26-10-8-17/h5-14,16H,3H2,1-2,4H3,(H,30,31)(H,27,28,29). The van der Waals surface area contributed by atoms with Gasteiger partial charge in [0.15, 0.2) is 0 Å². The number of aromatic nitrogens is 3. The summed E-state index contributed by atoms with van der Waals surface area (Å²) in [5, 5.41) is 4.05. The van der Waals surface area contributed by atoms with Crippen LogP contribution < -0.4 is 14.8 Å². The lowest BCUT2D eigenvalue weighted by atomic mass is 10.1. The van der Waals surface area contributed by atoms with Crippen LogP contribution in [0.5, 0.6) is 5.75 Å². The molecule has 0 spiro atoms. The molecule has 0 amide bonds. The van der Waals surface area contributed by atoms with Gasteiger partial charge in [-0.05, 0) is 67.2 Å². The minimum Gasteiger partial charge on any atom is -0.484 e. The second-order valence-corrected chi connectivity index (χ2v) is 10.0. The highest BCUT2D eigenvalue weighted by Gasteiger charge is 2.15. The number of hydrogen-bond acceptors (Lipinski definition) is 6. The van der Waals surface area contributed by atoms with E-state index in [0.29, 0.717) is 28.5 Å². The molecule has 2 atom stereocenters. The predicted octanol–water partition coefficient (Wildman–Crippen LogP) is 5.03. The highest BCUT2D eigenvalue weighted by Crippen LogP contribution is 2.35. The largest absolute Gasteiger partial charge is 0.484 e. The van der Waals surface area contributed by atoms with E-state index in [4.69, 9.17) is 4.74 Å². The van der Waals surface area contributed by atoms with Crippen molar-refractivity contribution in [3.05, 3.63) is 78.1 Å². The lowest BCUT2D eigenvalue weighted by Gasteiger charge is -2.19. The van der Waals surface area contributed by atoms with E-state index in [1.54, 1.807) is 24.5 Å². The number of anilines is 3. The zero-order valence-electron chi connectivity index (χ0n) is 18.5. The highest BCUT2D eigenvalue weighted by molar-refractivity contribution is 8.00. The Kier molecular flexibility index (Phi) is 6.15. The molecule has 0 aliphatic rings. The lowest BCUT2D eigenvalue weighted by Crippen LogP contribution is -2.09. The van der Waals surface area contributed by atoms with Crippen molar-refractivity contribution in [3.8, 4) is 5.75 Å². The Balaban J connectivity index is 1.70. The van der Waals surface area contributed by atoms with Crippen molar-refractivity contribution in [2.24, 2.45) is 0 Å². The smallest absolute Gasteiger partial charge is 0.146 e. The molecule has 4 rings (SSSR count). The van der Waals surface area contributed by atoms with Crippen LogP contribution >= 0.6 is 0 Å². The van der Waals surface area contributed by atoms with E-state index in [-0.39, 0.29) is 6.10 Å². The Morgan fingerprint density at radius 2 is 1.88 bits per heavy atom. The number of ether oxygens (including phenoxy) is 1. The molecule has 0 bridgehead atoms. The maximum absolute atomic E-state index is 14.1.